The summed E-state index contributed by atoms with van der Waals surface area (Å²) in [6, 6.07) is 4.01. The van der Waals surface area contributed by atoms with Gasteiger partial charge in [0.1, 0.15) is 12.1 Å². The molecule has 0 aliphatic heterocycles. The van der Waals surface area contributed by atoms with Crippen LogP contribution in [0.2, 0.25) is 0 Å². The third kappa shape index (κ3) is 2.37. The van der Waals surface area contributed by atoms with Crippen LogP contribution >= 0.6 is 0 Å². The summed E-state index contributed by atoms with van der Waals surface area (Å²) < 4.78 is 1.84. The van der Waals surface area contributed by atoms with Crippen LogP contribution in [0.3, 0.4) is 0 Å². The predicted octanol–water partition coefficient (Wildman–Crippen LogP) is 4.57. The number of hydrogen-bond acceptors (Lipinski definition) is 4. The first-order chi connectivity index (χ1) is 12.5. The van der Waals surface area contributed by atoms with Gasteiger partial charge < -0.3 is 10.3 Å². The summed E-state index contributed by atoms with van der Waals surface area (Å²) in [5, 5.41) is 7.40. The highest BCUT2D eigenvalue weighted by Gasteiger charge is 2.21. The van der Waals surface area contributed by atoms with Gasteiger partial charge in [-0.05, 0) is 49.2 Å². The maximum atomic E-state index is 4.79. The standard InChI is InChI=1S/C20H22N6/c1-6-21-16-8-7-15-19(25-16)17(11(2)3)18(24-15)14-9-26-20(22-10-23-26)13(5)12(14)4/h6-11,24H,1H2,2-5H3,(H,21,25). The smallest absolute Gasteiger partial charge is 0.158 e. The first-order valence-corrected chi connectivity index (χ1v) is 8.71. The number of H-pyrrole nitrogens is 1. The minimum Gasteiger partial charge on any atom is -0.353 e. The first-order valence-electron chi connectivity index (χ1n) is 8.71. The van der Waals surface area contributed by atoms with E-state index in [2.05, 4.69) is 60.7 Å². The third-order valence-electron chi connectivity index (χ3n) is 4.90. The van der Waals surface area contributed by atoms with E-state index in [1.807, 2.05) is 16.8 Å². The van der Waals surface area contributed by atoms with Crippen LogP contribution in [0.5, 0.6) is 0 Å². The maximum Gasteiger partial charge on any atom is 0.158 e. The van der Waals surface area contributed by atoms with E-state index >= 15 is 0 Å². The average Bonchev–Trinajstić information content (AvgIpc) is 3.22. The van der Waals surface area contributed by atoms with Gasteiger partial charge in [-0.2, -0.15) is 5.10 Å². The summed E-state index contributed by atoms with van der Waals surface area (Å²) in [4.78, 5) is 12.7. The summed E-state index contributed by atoms with van der Waals surface area (Å²) in [6.07, 6.45) is 5.28. The lowest BCUT2D eigenvalue weighted by molar-refractivity contribution is 0.873. The predicted molar refractivity (Wildman–Crippen MR) is 105 cm³/mol. The molecule has 4 aromatic rings. The molecule has 0 aliphatic rings. The van der Waals surface area contributed by atoms with E-state index in [4.69, 9.17) is 4.98 Å². The van der Waals surface area contributed by atoms with E-state index < -0.39 is 0 Å². The van der Waals surface area contributed by atoms with Gasteiger partial charge in [-0.15, -0.1) is 0 Å². The van der Waals surface area contributed by atoms with Crippen molar-refractivity contribution in [1.82, 2.24) is 24.6 Å². The van der Waals surface area contributed by atoms with Crippen LogP contribution in [-0.4, -0.2) is 24.6 Å². The quantitative estimate of drug-likeness (QED) is 0.568. The molecule has 4 aromatic heterocycles. The fourth-order valence-electron chi connectivity index (χ4n) is 3.50. The lowest BCUT2D eigenvalue weighted by atomic mass is 9.95. The molecule has 0 spiro atoms. The normalized spacial score (nSPS) is 11.6. The van der Waals surface area contributed by atoms with E-state index in [1.165, 1.54) is 11.1 Å². The molecule has 0 unspecified atom stereocenters. The van der Waals surface area contributed by atoms with Crippen LogP contribution in [0.1, 0.15) is 36.5 Å². The fourth-order valence-corrected chi connectivity index (χ4v) is 3.50. The summed E-state index contributed by atoms with van der Waals surface area (Å²) in [5.41, 5.74) is 8.65. The van der Waals surface area contributed by atoms with Crippen molar-refractivity contribution in [2.45, 2.75) is 33.6 Å². The third-order valence-corrected chi connectivity index (χ3v) is 4.90. The van der Waals surface area contributed by atoms with Crippen molar-refractivity contribution in [2.75, 3.05) is 5.32 Å². The Bertz CT molecular complexity index is 1130. The van der Waals surface area contributed by atoms with Crippen molar-refractivity contribution in [3.63, 3.8) is 0 Å². The molecular weight excluding hydrogens is 324 g/mol. The summed E-state index contributed by atoms with van der Waals surface area (Å²) in [7, 11) is 0. The number of pyridine rings is 2. The highest BCUT2D eigenvalue weighted by molar-refractivity contribution is 5.90. The van der Waals surface area contributed by atoms with Crippen molar-refractivity contribution in [3.05, 3.63) is 54.1 Å². The number of aromatic nitrogens is 5. The van der Waals surface area contributed by atoms with Gasteiger partial charge >= 0.3 is 0 Å². The molecule has 0 radical (unpaired) electrons. The molecule has 4 rings (SSSR count). The highest BCUT2D eigenvalue weighted by Crippen LogP contribution is 2.37. The zero-order chi connectivity index (χ0) is 18.4. The summed E-state index contributed by atoms with van der Waals surface area (Å²) in [5.74, 6) is 1.11. The number of hydrogen-bond donors (Lipinski definition) is 2. The molecule has 0 saturated heterocycles. The molecule has 132 valence electrons. The number of aryl methyl sites for hydroxylation is 1. The molecular formula is C20H22N6. The topological polar surface area (TPSA) is 70.9 Å². The van der Waals surface area contributed by atoms with Crippen LogP contribution in [0.25, 0.3) is 27.9 Å². The second-order valence-electron chi connectivity index (χ2n) is 6.83. The van der Waals surface area contributed by atoms with E-state index in [0.29, 0.717) is 5.92 Å². The molecule has 6 nitrogen and oxygen atoms in total. The van der Waals surface area contributed by atoms with Gasteiger partial charge in [-0.25, -0.2) is 14.5 Å². The molecule has 4 heterocycles. The lowest BCUT2D eigenvalue weighted by Gasteiger charge is -2.13. The van der Waals surface area contributed by atoms with E-state index in [9.17, 15) is 0 Å². The van der Waals surface area contributed by atoms with E-state index in [-0.39, 0.29) is 0 Å². The summed E-state index contributed by atoms with van der Waals surface area (Å²) in [6.45, 7) is 12.3. The van der Waals surface area contributed by atoms with Crippen molar-refractivity contribution < 1.29 is 0 Å². The van der Waals surface area contributed by atoms with Crippen LogP contribution in [0.4, 0.5) is 5.82 Å². The van der Waals surface area contributed by atoms with Crippen molar-refractivity contribution in [2.24, 2.45) is 0 Å². The minimum absolute atomic E-state index is 0.316. The second-order valence-corrected chi connectivity index (χ2v) is 6.83. The van der Waals surface area contributed by atoms with Crippen LogP contribution in [-0.2, 0) is 0 Å². The molecule has 0 aromatic carbocycles. The van der Waals surface area contributed by atoms with Crippen LogP contribution in [0, 0.1) is 13.8 Å². The lowest BCUT2D eigenvalue weighted by Crippen LogP contribution is -1.99. The van der Waals surface area contributed by atoms with Gasteiger partial charge in [-0.3, -0.25) is 0 Å². The molecule has 6 heteroatoms. The zero-order valence-electron chi connectivity index (χ0n) is 15.5. The van der Waals surface area contributed by atoms with Crippen LogP contribution < -0.4 is 5.32 Å². The first kappa shape index (κ1) is 16.3. The minimum atomic E-state index is 0.316. The molecule has 0 atom stereocenters. The average molecular weight is 346 g/mol. The molecule has 0 amide bonds. The largest absolute Gasteiger partial charge is 0.353 e. The molecule has 0 bridgehead atoms. The highest BCUT2D eigenvalue weighted by atomic mass is 15.3. The second kappa shape index (κ2) is 5.98. The number of nitrogens with one attached hydrogen (secondary N) is 2. The Morgan fingerprint density at radius 1 is 1.23 bits per heavy atom. The molecule has 0 aliphatic carbocycles. The maximum absolute atomic E-state index is 4.79. The van der Waals surface area contributed by atoms with Crippen LogP contribution in [0.15, 0.2) is 37.4 Å². The molecule has 26 heavy (non-hydrogen) atoms. The van der Waals surface area contributed by atoms with Gasteiger partial charge in [0, 0.05) is 17.3 Å². The Kier molecular flexibility index (Phi) is 3.76. The summed E-state index contributed by atoms with van der Waals surface area (Å²) >= 11 is 0. The zero-order valence-corrected chi connectivity index (χ0v) is 15.5. The fraction of sp³-hybridized carbons (Fsp3) is 0.250. The number of aromatic amines is 1. The van der Waals surface area contributed by atoms with Crippen molar-refractivity contribution in [1.29, 1.82) is 0 Å². The molecule has 0 fully saturated rings. The van der Waals surface area contributed by atoms with E-state index in [0.717, 1.165) is 39.3 Å². The Morgan fingerprint density at radius 3 is 2.77 bits per heavy atom. The SMILES string of the molecule is C=CNc1ccc2[nH]c(-c3cn4ncnc4c(C)c3C)c(C(C)C)c2n1. The monoisotopic (exact) mass is 346 g/mol. The number of nitrogens with zero attached hydrogens (tertiary/aromatic N) is 4. The Labute approximate surface area is 152 Å². The van der Waals surface area contributed by atoms with Gasteiger partial charge in [-0.1, -0.05) is 20.4 Å². The molecule has 0 saturated carbocycles. The Balaban J connectivity index is 2.03. The van der Waals surface area contributed by atoms with Gasteiger partial charge in [0.15, 0.2) is 5.65 Å². The van der Waals surface area contributed by atoms with Gasteiger partial charge in [0.25, 0.3) is 0 Å². The number of rotatable bonds is 4. The van der Waals surface area contributed by atoms with Crippen molar-refractivity contribution >= 4 is 22.5 Å². The van der Waals surface area contributed by atoms with Crippen molar-refractivity contribution in [3.8, 4) is 11.3 Å². The molecule has 2 N–H and O–H groups in total. The number of anilines is 1. The Hall–Kier alpha value is -3.15. The Morgan fingerprint density at radius 2 is 2.04 bits per heavy atom. The van der Waals surface area contributed by atoms with E-state index in [1.54, 1.807) is 12.5 Å². The number of fused-ring (bicyclic) bond motifs is 2. The van der Waals surface area contributed by atoms with Gasteiger partial charge in [0.2, 0.25) is 0 Å². The van der Waals surface area contributed by atoms with Gasteiger partial charge in [0.05, 0.1) is 16.7 Å².